The van der Waals surface area contributed by atoms with E-state index in [1.807, 2.05) is 14.1 Å². The van der Waals surface area contributed by atoms with Crippen LogP contribution in [-0.4, -0.2) is 15.7 Å². The summed E-state index contributed by atoms with van der Waals surface area (Å²) in [6.07, 6.45) is 5.10. The summed E-state index contributed by atoms with van der Waals surface area (Å²) in [7, 11) is 3.69. The number of nitrogens with one attached hydrogen (secondary N) is 1. The van der Waals surface area contributed by atoms with Crippen LogP contribution in [0.2, 0.25) is 0 Å². The molecule has 1 saturated carbocycles. The minimum Gasteiger partial charge on any atom is -0.310 e. The molecule has 1 fully saturated rings. The van der Waals surface area contributed by atoms with Crippen LogP contribution in [0.5, 0.6) is 0 Å². The molecule has 0 saturated heterocycles. The van der Waals surface area contributed by atoms with Gasteiger partial charge in [-0.15, -0.1) is 0 Å². The molecular weight excluding hydrogens is 262 g/mol. The lowest BCUT2D eigenvalue weighted by molar-refractivity contribution is 0.474. The Morgan fingerprint density at radius 3 is 2.62 bits per heavy atom. The highest BCUT2D eigenvalue weighted by Gasteiger charge is 2.26. The van der Waals surface area contributed by atoms with Crippen molar-refractivity contribution in [1.82, 2.24) is 14.5 Å². The summed E-state index contributed by atoms with van der Waals surface area (Å²) in [5.74, 6) is 0.884. The number of aromatic nitrogens is 2. The van der Waals surface area contributed by atoms with Gasteiger partial charge in [0.15, 0.2) is 0 Å². The molecule has 1 heterocycles. The molecule has 21 heavy (non-hydrogen) atoms. The van der Waals surface area contributed by atoms with Crippen molar-refractivity contribution in [3.63, 3.8) is 0 Å². The summed E-state index contributed by atoms with van der Waals surface area (Å²) in [4.78, 5) is 12.0. The molecule has 1 atom stereocenters. The Morgan fingerprint density at radius 1 is 1.24 bits per heavy atom. The summed E-state index contributed by atoms with van der Waals surface area (Å²) >= 11 is 0. The highest BCUT2D eigenvalue weighted by Crippen LogP contribution is 2.38. The van der Waals surface area contributed by atoms with Gasteiger partial charge in [0.05, 0.1) is 11.0 Å². The second kappa shape index (κ2) is 5.68. The minimum atomic E-state index is 0.0439. The summed E-state index contributed by atoms with van der Waals surface area (Å²) in [6.45, 7) is 3.24. The van der Waals surface area contributed by atoms with Crippen molar-refractivity contribution in [1.29, 1.82) is 0 Å². The van der Waals surface area contributed by atoms with Crippen LogP contribution < -0.4 is 11.0 Å². The van der Waals surface area contributed by atoms with Crippen LogP contribution in [0.1, 0.15) is 44.2 Å². The first kappa shape index (κ1) is 14.4. The lowest BCUT2D eigenvalue weighted by atomic mass is 10.0. The van der Waals surface area contributed by atoms with E-state index >= 15 is 0 Å². The van der Waals surface area contributed by atoms with Gasteiger partial charge in [-0.25, -0.2) is 4.79 Å². The molecule has 1 unspecified atom stereocenters. The maximum absolute atomic E-state index is 12.0. The number of benzene rings is 1. The lowest BCUT2D eigenvalue weighted by Crippen LogP contribution is -2.22. The van der Waals surface area contributed by atoms with Gasteiger partial charge in [-0.1, -0.05) is 25.8 Å². The van der Waals surface area contributed by atoms with E-state index in [0.29, 0.717) is 6.04 Å². The van der Waals surface area contributed by atoms with Crippen molar-refractivity contribution in [2.24, 2.45) is 20.0 Å². The van der Waals surface area contributed by atoms with E-state index in [9.17, 15) is 4.79 Å². The molecule has 0 amide bonds. The van der Waals surface area contributed by atoms with Gasteiger partial charge >= 0.3 is 5.69 Å². The van der Waals surface area contributed by atoms with Gasteiger partial charge in [-0.05, 0) is 43.0 Å². The van der Waals surface area contributed by atoms with Crippen LogP contribution in [0, 0.1) is 5.92 Å². The summed E-state index contributed by atoms with van der Waals surface area (Å²) in [6, 6.07) is 6.86. The van der Waals surface area contributed by atoms with Gasteiger partial charge in [0.25, 0.3) is 0 Å². The minimum absolute atomic E-state index is 0.0439. The maximum atomic E-state index is 12.0. The largest absolute Gasteiger partial charge is 0.328 e. The Balaban J connectivity index is 1.96. The van der Waals surface area contributed by atoms with Gasteiger partial charge < -0.3 is 5.32 Å². The molecule has 1 N–H and O–H groups in total. The van der Waals surface area contributed by atoms with E-state index in [1.165, 1.54) is 24.8 Å². The third kappa shape index (κ3) is 2.77. The molecule has 1 aromatic carbocycles. The summed E-state index contributed by atoms with van der Waals surface area (Å²) in [5, 5.41) is 3.67. The molecule has 2 aromatic rings. The standard InChI is InChI=1S/C17H25N3O/c1-4-9-18-14(10-12-5-6-12)13-7-8-15-16(11-13)20(3)17(21)19(15)2/h7-8,11-12,14,18H,4-6,9-10H2,1-3H3. The summed E-state index contributed by atoms with van der Waals surface area (Å²) < 4.78 is 3.46. The number of rotatable bonds is 6. The van der Waals surface area contributed by atoms with E-state index in [2.05, 4.69) is 30.4 Å². The number of aryl methyl sites for hydroxylation is 2. The highest BCUT2D eigenvalue weighted by molar-refractivity contribution is 5.77. The predicted octanol–water partition coefficient (Wildman–Crippen LogP) is 2.72. The van der Waals surface area contributed by atoms with Gasteiger partial charge in [0.1, 0.15) is 0 Å². The molecule has 0 spiro atoms. The third-order valence-corrected chi connectivity index (χ3v) is 4.61. The quantitative estimate of drug-likeness (QED) is 0.887. The van der Waals surface area contributed by atoms with Crippen LogP contribution in [-0.2, 0) is 14.1 Å². The first-order valence-corrected chi connectivity index (χ1v) is 8.00. The monoisotopic (exact) mass is 287 g/mol. The number of hydrogen-bond acceptors (Lipinski definition) is 2. The van der Waals surface area contributed by atoms with E-state index in [4.69, 9.17) is 0 Å². The second-order valence-electron chi connectivity index (χ2n) is 6.33. The van der Waals surface area contributed by atoms with E-state index in [0.717, 1.165) is 29.9 Å². The smallest absolute Gasteiger partial charge is 0.310 e. The van der Waals surface area contributed by atoms with Crippen molar-refractivity contribution in [2.45, 2.75) is 38.6 Å². The van der Waals surface area contributed by atoms with Crippen LogP contribution in [0.4, 0.5) is 0 Å². The Kier molecular flexibility index (Phi) is 3.89. The van der Waals surface area contributed by atoms with E-state index in [1.54, 1.807) is 9.13 Å². The molecule has 0 radical (unpaired) electrons. The second-order valence-corrected chi connectivity index (χ2v) is 6.33. The zero-order valence-electron chi connectivity index (χ0n) is 13.2. The van der Waals surface area contributed by atoms with Crippen LogP contribution in [0.15, 0.2) is 23.0 Å². The number of fused-ring (bicyclic) bond motifs is 1. The van der Waals surface area contributed by atoms with E-state index in [-0.39, 0.29) is 5.69 Å². The lowest BCUT2D eigenvalue weighted by Gasteiger charge is -2.19. The molecule has 114 valence electrons. The molecule has 3 rings (SSSR count). The predicted molar refractivity (Wildman–Crippen MR) is 86.5 cm³/mol. The van der Waals surface area contributed by atoms with E-state index < -0.39 is 0 Å². The normalized spacial score (nSPS) is 16.5. The fourth-order valence-corrected chi connectivity index (χ4v) is 3.08. The van der Waals surface area contributed by atoms with Crippen molar-refractivity contribution < 1.29 is 0 Å². The first-order valence-electron chi connectivity index (χ1n) is 8.00. The topological polar surface area (TPSA) is 39.0 Å². The Morgan fingerprint density at radius 2 is 1.95 bits per heavy atom. The molecule has 1 aliphatic rings. The molecule has 4 nitrogen and oxygen atoms in total. The Bertz CT molecular complexity index is 694. The average molecular weight is 287 g/mol. The van der Waals surface area contributed by atoms with Crippen molar-refractivity contribution in [3.05, 3.63) is 34.2 Å². The average Bonchev–Trinajstić information content (AvgIpc) is 3.29. The molecule has 4 heteroatoms. The number of hydrogen-bond donors (Lipinski definition) is 1. The number of nitrogens with zero attached hydrogens (tertiary/aromatic N) is 2. The molecule has 1 aromatic heterocycles. The summed E-state index contributed by atoms with van der Waals surface area (Å²) in [5.41, 5.74) is 3.39. The molecule has 0 bridgehead atoms. The fraction of sp³-hybridized carbons (Fsp3) is 0.588. The van der Waals surface area contributed by atoms with Gasteiger partial charge in [0, 0.05) is 20.1 Å². The Labute approximate surface area is 125 Å². The van der Waals surface area contributed by atoms with Crippen LogP contribution in [0.25, 0.3) is 11.0 Å². The van der Waals surface area contributed by atoms with Crippen LogP contribution in [0.3, 0.4) is 0 Å². The zero-order valence-corrected chi connectivity index (χ0v) is 13.2. The third-order valence-electron chi connectivity index (χ3n) is 4.61. The van der Waals surface area contributed by atoms with Crippen molar-refractivity contribution in [3.8, 4) is 0 Å². The van der Waals surface area contributed by atoms with Crippen molar-refractivity contribution >= 4 is 11.0 Å². The van der Waals surface area contributed by atoms with Crippen LogP contribution >= 0.6 is 0 Å². The molecular formula is C17H25N3O. The fourth-order valence-electron chi connectivity index (χ4n) is 3.08. The van der Waals surface area contributed by atoms with Gasteiger partial charge in [-0.2, -0.15) is 0 Å². The van der Waals surface area contributed by atoms with Gasteiger partial charge in [-0.3, -0.25) is 9.13 Å². The maximum Gasteiger partial charge on any atom is 0.328 e. The highest BCUT2D eigenvalue weighted by atomic mass is 16.1. The first-order chi connectivity index (χ1) is 10.1. The SMILES string of the molecule is CCCNC(CC1CC1)c1ccc2c(c1)n(C)c(=O)n2C. The number of imidazole rings is 1. The Hall–Kier alpha value is -1.55. The van der Waals surface area contributed by atoms with Crippen molar-refractivity contribution in [2.75, 3.05) is 6.54 Å². The zero-order chi connectivity index (χ0) is 15.0. The molecule has 1 aliphatic carbocycles. The van der Waals surface area contributed by atoms with Gasteiger partial charge in [0.2, 0.25) is 0 Å². The molecule has 0 aliphatic heterocycles.